The van der Waals surface area contributed by atoms with Gasteiger partial charge in [0, 0.05) is 0 Å². The molecule has 74 valence electrons. The second-order valence-corrected chi connectivity index (χ2v) is 6.15. The fourth-order valence-electron chi connectivity index (χ4n) is 0.570. The van der Waals surface area contributed by atoms with Gasteiger partial charge < -0.3 is 29.2 Å². The summed E-state index contributed by atoms with van der Waals surface area (Å²) in [5.41, 5.74) is 0. The Hall–Kier alpha value is 1.26. The van der Waals surface area contributed by atoms with Crippen LogP contribution in [0.3, 0.4) is 0 Å². The van der Waals surface area contributed by atoms with E-state index < -0.39 is 26.7 Å². The van der Waals surface area contributed by atoms with Crippen LogP contribution in [-0.2, 0) is 9.13 Å². The summed E-state index contributed by atoms with van der Waals surface area (Å²) < 4.78 is 20.8. The zero-order valence-electron chi connectivity index (χ0n) is 7.12. The molecule has 10 heteroatoms. The third-order valence-electron chi connectivity index (χ3n) is 1.39. The van der Waals surface area contributed by atoms with Crippen molar-refractivity contribution in [3.63, 3.8) is 0 Å². The van der Waals surface area contributed by atoms with Crippen LogP contribution in [0.1, 0.15) is 13.3 Å². The predicted octanol–water partition coefficient (Wildman–Crippen LogP) is -4.23. The van der Waals surface area contributed by atoms with Gasteiger partial charge in [0.25, 0.3) is 0 Å². The van der Waals surface area contributed by atoms with Crippen LogP contribution in [0.15, 0.2) is 0 Å². The summed E-state index contributed by atoms with van der Waals surface area (Å²) in [5.74, 6) is 0. The summed E-state index contributed by atoms with van der Waals surface area (Å²) in [6, 6.07) is 0. The molecule has 0 aliphatic carbocycles. The molecule has 0 fully saturated rings. The fraction of sp³-hybridized carbons (Fsp3) is 1.00. The minimum atomic E-state index is -5.47. The molecule has 0 amide bonds. The van der Waals surface area contributed by atoms with Crippen molar-refractivity contribution in [3.8, 4) is 0 Å². The van der Waals surface area contributed by atoms with Crippen molar-refractivity contribution in [2.75, 3.05) is 0 Å². The van der Waals surface area contributed by atoms with E-state index in [1.54, 1.807) is 0 Å². The standard InChI is InChI=1S/C3H10O7P2.Na/c1-2-3(4,11(5,6)7)12(8,9)10;/h4H,2H2,1H3,(H2,5,6,7)(H2,8,9,10);/q;+1/p-1. The van der Waals surface area contributed by atoms with Gasteiger partial charge in [-0.25, -0.2) is 0 Å². The van der Waals surface area contributed by atoms with Crippen LogP contribution < -0.4 is 34.5 Å². The molecule has 0 aromatic rings. The first-order chi connectivity index (χ1) is 5.06. The second-order valence-electron chi connectivity index (χ2n) is 2.19. The zero-order valence-corrected chi connectivity index (χ0v) is 10.9. The summed E-state index contributed by atoms with van der Waals surface area (Å²) in [7, 11) is -10.7. The first kappa shape index (κ1) is 16.7. The third-order valence-corrected chi connectivity index (χ3v) is 5.40. The van der Waals surface area contributed by atoms with Crippen LogP contribution in [0.5, 0.6) is 0 Å². The zero-order chi connectivity index (χ0) is 10.2. The van der Waals surface area contributed by atoms with Crippen LogP contribution in [-0.4, -0.2) is 24.9 Å². The molecule has 2 atom stereocenters. The molecule has 2 unspecified atom stereocenters. The summed E-state index contributed by atoms with van der Waals surface area (Å²) >= 11 is 0. The van der Waals surface area contributed by atoms with E-state index in [2.05, 4.69) is 0 Å². The van der Waals surface area contributed by atoms with Crippen molar-refractivity contribution >= 4 is 15.2 Å². The van der Waals surface area contributed by atoms with Crippen LogP contribution in [0, 0.1) is 0 Å². The first-order valence-electron chi connectivity index (χ1n) is 2.88. The van der Waals surface area contributed by atoms with Gasteiger partial charge in [-0.2, -0.15) is 0 Å². The van der Waals surface area contributed by atoms with E-state index in [4.69, 9.17) is 19.8 Å². The summed E-state index contributed by atoms with van der Waals surface area (Å²) in [5, 5.41) is 5.54. The fourth-order valence-corrected chi connectivity index (χ4v) is 2.70. The maximum atomic E-state index is 10.4. The van der Waals surface area contributed by atoms with Gasteiger partial charge in [0.1, 0.15) is 0 Å². The third kappa shape index (κ3) is 3.39. The molecule has 0 aliphatic rings. The van der Waals surface area contributed by atoms with Gasteiger partial charge in [0.15, 0.2) is 7.60 Å². The predicted molar refractivity (Wildman–Crippen MR) is 37.1 cm³/mol. The minimum Gasteiger partial charge on any atom is -0.776 e. The van der Waals surface area contributed by atoms with Crippen molar-refractivity contribution in [1.82, 2.24) is 0 Å². The molecule has 0 aromatic carbocycles. The first-order valence-corrected chi connectivity index (χ1v) is 6.07. The minimum absolute atomic E-state index is 0. The number of hydrogen-bond donors (Lipinski definition) is 4. The molecular formula is C3H9NaO7P2. The van der Waals surface area contributed by atoms with Crippen molar-refractivity contribution < 1.29 is 63.4 Å². The van der Waals surface area contributed by atoms with Crippen LogP contribution in [0.25, 0.3) is 0 Å². The van der Waals surface area contributed by atoms with Gasteiger partial charge in [-0.15, -0.1) is 0 Å². The molecule has 0 bridgehead atoms. The van der Waals surface area contributed by atoms with E-state index >= 15 is 0 Å². The molecule has 0 heterocycles. The molecular weight excluding hydrogens is 233 g/mol. The van der Waals surface area contributed by atoms with E-state index in [1.807, 2.05) is 0 Å². The largest absolute Gasteiger partial charge is 1.00 e. The van der Waals surface area contributed by atoms with E-state index in [0.717, 1.165) is 6.92 Å². The van der Waals surface area contributed by atoms with E-state index in [0.29, 0.717) is 0 Å². The van der Waals surface area contributed by atoms with Gasteiger partial charge in [-0.1, -0.05) is 6.92 Å². The Balaban J connectivity index is 0. The number of hydrogen-bond acceptors (Lipinski definition) is 4. The molecule has 0 spiro atoms. The topological polar surface area (TPSA) is 138 Å². The van der Waals surface area contributed by atoms with Crippen LogP contribution in [0.2, 0.25) is 0 Å². The summed E-state index contributed by atoms with van der Waals surface area (Å²) in [6.45, 7) is 1.03. The van der Waals surface area contributed by atoms with E-state index in [-0.39, 0.29) is 29.6 Å². The monoisotopic (exact) mass is 242 g/mol. The molecule has 0 saturated heterocycles. The Morgan fingerprint density at radius 2 is 1.62 bits per heavy atom. The van der Waals surface area contributed by atoms with Gasteiger partial charge in [-0.3, -0.25) is 4.57 Å². The maximum Gasteiger partial charge on any atom is 1.00 e. The van der Waals surface area contributed by atoms with Crippen molar-refractivity contribution in [2.45, 2.75) is 18.4 Å². The Bertz CT molecular complexity index is 230. The number of aliphatic hydroxyl groups is 1. The van der Waals surface area contributed by atoms with E-state index in [9.17, 15) is 14.0 Å². The number of rotatable bonds is 3. The molecule has 4 N–H and O–H groups in total. The van der Waals surface area contributed by atoms with Crippen molar-refractivity contribution in [2.24, 2.45) is 0 Å². The van der Waals surface area contributed by atoms with Gasteiger partial charge in [0.2, 0.25) is 5.08 Å². The molecule has 0 saturated carbocycles. The maximum absolute atomic E-state index is 10.4. The van der Waals surface area contributed by atoms with Crippen molar-refractivity contribution in [3.05, 3.63) is 0 Å². The Kier molecular flexibility index (Phi) is 6.23. The molecule has 0 aliphatic heterocycles. The SMILES string of the molecule is CCC(O)(P(=O)([O-])O)P(=O)(O)O.[Na+]. The molecule has 13 heavy (non-hydrogen) atoms. The van der Waals surface area contributed by atoms with Gasteiger partial charge in [0.05, 0.1) is 0 Å². The van der Waals surface area contributed by atoms with Gasteiger partial charge >= 0.3 is 37.2 Å². The molecule has 7 nitrogen and oxygen atoms in total. The normalized spacial score (nSPS) is 21.1. The second kappa shape index (κ2) is 4.86. The molecule has 0 rings (SSSR count). The Morgan fingerprint density at radius 1 is 1.31 bits per heavy atom. The quantitative estimate of drug-likeness (QED) is 0.290. The Morgan fingerprint density at radius 3 is 1.62 bits per heavy atom. The summed E-state index contributed by atoms with van der Waals surface area (Å²) in [6.07, 6.45) is -0.783. The smallest absolute Gasteiger partial charge is 0.776 e. The molecule has 0 radical (unpaired) electrons. The van der Waals surface area contributed by atoms with Gasteiger partial charge in [-0.05, 0) is 6.42 Å². The average molecular weight is 242 g/mol. The average Bonchev–Trinajstić information content (AvgIpc) is 1.81. The molecule has 0 aromatic heterocycles. The summed E-state index contributed by atoms with van der Waals surface area (Å²) in [4.78, 5) is 35.5. The van der Waals surface area contributed by atoms with Crippen LogP contribution >= 0.6 is 15.2 Å². The Labute approximate surface area is 96.8 Å². The van der Waals surface area contributed by atoms with Crippen molar-refractivity contribution in [1.29, 1.82) is 0 Å². The van der Waals surface area contributed by atoms with E-state index in [1.165, 1.54) is 0 Å². The van der Waals surface area contributed by atoms with Crippen LogP contribution in [0.4, 0.5) is 0 Å².